The number of hydrogen-bond acceptors (Lipinski definition) is 0. The molecule has 0 saturated carbocycles. The van der Waals surface area contributed by atoms with Crippen LogP contribution >= 0.6 is 0 Å². The molecular weight excluding hydrogens is 1060 g/mol. The molecule has 8 heterocycles. The van der Waals surface area contributed by atoms with Crippen molar-refractivity contribution in [3.05, 3.63) is 251 Å². The van der Waals surface area contributed by atoms with Crippen molar-refractivity contribution in [2.24, 2.45) is 0 Å². The largest absolute Gasteiger partial charge is 0.374 e. The first kappa shape index (κ1) is 48.9. The van der Waals surface area contributed by atoms with E-state index in [1.54, 1.807) is 0 Å². The van der Waals surface area contributed by atoms with E-state index in [4.69, 9.17) is 0 Å². The zero-order valence-corrected chi connectivity index (χ0v) is 50.6. The van der Waals surface area contributed by atoms with E-state index in [-0.39, 0.29) is 13.7 Å². The van der Waals surface area contributed by atoms with Gasteiger partial charge in [0, 0.05) is 65.9 Å². The third-order valence-electron chi connectivity index (χ3n) is 21.5. The Balaban J connectivity index is 0.906. The molecule has 0 spiro atoms. The van der Waals surface area contributed by atoms with E-state index >= 15 is 0 Å². The average Bonchev–Trinajstić information content (AvgIpc) is 1.49. The van der Waals surface area contributed by atoms with Crippen LogP contribution in [0, 0.1) is 55.4 Å². The number of rotatable bonds is 4. The fraction of sp³-hybridized carbons (Fsp3) is 0.0976. The van der Waals surface area contributed by atoms with Crippen molar-refractivity contribution in [1.82, 2.24) is 18.1 Å². The number of hydrogen-bond donors (Lipinski definition) is 0. The molecule has 412 valence electrons. The maximum Gasteiger partial charge on any atom is 0.333 e. The minimum absolute atomic E-state index is 0.100. The van der Waals surface area contributed by atoms with Crippen molar-refractivity contribution < 1.29 is 0 Å². The van der Waals surface area contributed by atoms with Crippen LogP contribution in [0.15, 0.2) is 206 Å². The van der Waals surface area contributed by atoms with Crippen LogP contribution in [-0.2, 0) is 0 Å². The number of para-hydroxylation sites is 4. The Morgan fingerprint density at radius 1 is 0.261 bits per heavy atom. The first-order valence-electron chi connectivity index (χ1n) is 31.4. The highest BCUT2D eigenvalue weighted by atomic mass is 15.1. The molecule has 16 aromatic rings. The highest BCUT2D eigenvalue weighted by Crippen LogP contribution is 2.52. The van der Waals surface area contributed by atoms with Crippen LogP contribution in [0.1, 0.15) is 44.5 Å². The average molecular weight is 1120 g/mol. The highest BCUT2D eigenvalue weighted by molar-refractivity contribution is 6.92. The molecule has 6 heteroatoms. The third kappa shape index (κ3) is 5.81. The first-order chi connectivity index (χ1) is 43.0. The summed E-state index contributed by atoms with van der Waals surface area (Å²) >= 11 is 0. The van der Waals surface area contributed by atoms with Gasteiger partial charge in [-0.05, 0) is 214 Å². The molecule has 0 saturated heterocycles. The topological polar surface area (TPSA) is 19.7 Å². The van der Waals surface area contributed by atoms with Gasteiger partial charge in [0.25, 0.3) is 0 Å². The van der Waals surface area contributed by atoms with Crippen LogP contribution in [0.5, 0.6) is 0 Å². The third-order valence-corrected chi connectivity index (χ3v) is 21.5. The lowest BCUT2D eigenvalue weighted by molar-refractivity contribution is 1.17. The molecule has 4 nitrogen and oxygen atoms in total. The van der Waals surface area contributed by atoms with E-state index in [9.17, 15) is 0 Å². The minimum atomic E-state index is -0.100. The summed E-state index contributed by atoms with van der Waals surface area (Å²) in [6.07, 6.45) is 0. The van der Waals surface area contributed by atoms with Crippen molar-refractivity contribution in [3.63, 3.8) is 0 Å². The van der Waals surface area contributed by atoms with E-state index in [1.807, 2.05) is 0 Å². The van der Waals surface area contributed by atoms with Crippen LogP contribution in [0.25, 0.3) is 155 Å². The number of aromatic nitrogens is 4. The summed E-state index contributed by atoms with van der Waals surface area (Å²) < 4.78 is 11.0. The minimum Gasteiger partial charge on any atom is -0.374 e. The lowest BCUT2D eigenvalue weighted by atomic mass is 9.45. The second kappa shape index (κ2) is 16.8. The van der Waals surface area contributed by atoms with E-state index in [1.165, 1.54) is 221 Å². The summed E-state index contributed by atoms with van der Waals surface area (Å²) in [5.41, 5.74) is 44.2. The molecule has 4 aliphatic rings. The first-order valence-corrected chi connectivity index (χ1v) is 31.4. The van der Waals surface area contributed by atoms with E-state index in [0.29, 0.717) is 0 Å². The van der Waals surface area contributed by atoms with Gasteiger partial charge in [-0.15, -0.1) is 0 Å². The predicted molar refractivity (Wildman–Crippen MR) is 375 cm³/mol. The normalized spacial score (nSPS) is 13.2. The second-order valence-electron chi connectivity index (χ2n) is 26.2. The summed E-state index contributed by atoms with van der Waals surface area (Å²) in [5, 5.41) is 7.82. The van der Waals surface area contributed by atoms with Crippen LogP contribution in [0.3, 0.4) is 0 Å². The molecular formula is C82H58B2N4. The van der Waals surface area contributed by atoms with Gasteiger partial charge >= 0.3 is 13.7 Å². The molecule has 4 aromatic heterocycles. The van der Waals surface area contributed by atoms with Gasteiger partial charge < -0.3 is 18.1 Å². The second-order valence-corrected chi connectivity index (χ2v) is 26.2. The van der Waals surface area contributed by atoms with Crippen LogP contribution in [-0.4, -0.2) is 31.8 Å². The molecule has 88 heavy (non-hydrogen) atoms. The SMILES string of the molecule is Cc1cccc(C)c1-c1cc(-c2c(C)cccc2C)c2c3cccc4c3n(c2c1)-c1cccc2c1B4n1c3c-2cccc3c2c1c1cccc3c1n2B1c2c-3cccc2-n2c3cc(-c4c(C)cccc4C)cc(-c4c(C)cccc4C)c3c3cccc1c32. The summed E-state index contributed by atoms with van der Waals surface area (Å²) in [4.78, 5) is 0. The van der Waals surface area contributed by atoms with Gasteiger partial charge in [0.2, 0.25) is 0 Å². The molecule has 12 aromatic carbocycles. The molecule has 0 unspecified atom stereocenters. The molecule has 20 rings (SSSR count). The number of aryl methyl sites for hydroxylation is 8. The zero-order valence-electron chi connectivity index (χ0n) is 50.6. The Morgan fingerprint density at radius 3 is 0.966 bits per heavy atom. The van der Waals surface area contributed by atoms with E-state index in [2.05, 4.69) is 280 Å². The fourth-order valence-electron chi connectivity index (χ4n) is 18.4. The van der Waals surface area contributed by atoms with Gasteiger partial charge in [-0.3, -0.25) is 0 Å². The Labute approximate surface area is 511 Å². The van der Waals surface area contributed by atoms with Crippen molar-refractivity contribution in [1.29, 1.82) is 0 Å². The lowest BCUT2D eigenvalue weighted by Gasteiger charge is -2.34. The van der Waals surface area contributed by atoms with Gasteiger partial charge in [0.1, 0.15) is 0 Å². The molecule has 0 bridgehead atoms. The predicted octanol–water partition coefficient (Wildman–Crippen LogP) is 18.0. The molecule has 4 aliphatic heterocycles. The summed E-state index contributed by atoms with van der Waals surface area (Å²) in [6, 6.07) is 80.3. The number of benzene rings is 12. The molecule has 0 fully saturated rings. The monoisotopic (exact) mass is 1120 g/mol. The highest BCUT2D eigenvalue weighted by Gasteiger charge is 2.46. The molecule has 0 aliphatic carbocycles. The molecule has 0 amide bonds. The van der Waals surface area contributed by atoms with Crippen LogP contribution in [0.2, 0.25) is 0 Å². The Bertz CT molecular complexity index is 5540. The lowest BCUT2D eigenvalue weighted by Crippen LogP contribution is -2.55. The molecule has 0 N–H and O–H groups in total. The standard InChI is InChI=1S/C82H58B2N4/c1-43-19-9-20-44(2)69(43)51-39-61(71-47(5)23-11-24-48(71)6)73-57-31-15-35-63-79(57)85(67(73)41-51)65-37-17-27-53-55-29-13-33-59-77(55)87(83(63)75(53)65)81-60-34-14-30-56-54-28-18-38-66-76(54)84(88(78(56)60)82(59)81)64-36-16-32-58-74-62(72-49(7)25-12-26-50(72)8)40-52(42-68(74)86(66)80(58)64)70-45(3)21-10-22-46(70)4/h9-42H,1-8H3. The van der Waals surface area contributed by atoms with E-state index < -0.39 is 0 Å². The van der Waals surface area contributed by atoms with Crippen LogP contribution in [0.4, 0.5) is 0 Å². The van der Waals surface area contributed by atoms with Gasteiger partial charge in [0.05, 0.1) is 33.1 Å². The van der Waals surface area contributed by atoms with Crippen molar-refractivity contribution in [2.45, 2.75) is 55.4 Å². The van der Waals surface area contributed by atoms with Crippen LogP contribution < -0.4 is 21.9 Å². The maximum atomic E-state index is 2.82. The summed E-state index contributed by atoms with van der Waals surface area (Å²) in [6.45, 7) is 18.1. The quantitative estimate of drug-likeness (QED) is 0.157. The van der Waals surface area contributed by atoms with Gasteiger partial charge in [-0.2, -0.15) is 0 Å². The van der Waals surface area contributed by atoms with Gasteiger partial charge in [-0.25, -0.2) is 0 Å². The van der Waals surface area contributed by atoms with Crippen molar-refractivity contribution >= 4 is 112 Å². The fourth-order valence-corrected chi connectivity index (χ4v) is 18.4. The zero-order chi connectivity index (χ0) is 58.6. The number of nitrogens with zero attached hydrogens (tertiary/aromatic N) is 4. The summed E-state index contributed by atoms with van der Waals surface area (Å²) in [7, 11) is 0. The Hall–Kier alpha value is -10.3. The summed E-state index contributed by atoms with van der Waals surface area (Å²) in [5.74, 6) is 0. The molecule has 0 radical (unpaired) electrons. The Morgan fingerprint density at radius 2 is 0.580 bits per heavy atom. The molecule has 0 atom stereocenters. The van der Waals surface area contributed by atoms with Crippen molar-refractivity contribution in [2.75, 3.05) is 0 Å². The van der Waals surface area contributed by atoms with Gasteiger partial charge in [-0.1, -0.05) is 170 Å². The maximum absolute atomic E-state index is 2.82. The van der Waals surface area contributed by atoms with Gasteiger partial charge in [0.15, 0.2) is 0 Å². The number of fused-ring (bicyclic) bond motifs is 19. The smallest absolute Gasteiger partial charge is 0.333 e. The Kier molecular flexibility index (Phi) is 9.34. The van der Waals surface area contributed by atoms with E-state index in [0.717, 1.165) is 0 Å². The van der Waals surface area contributed by atoms with Crippen molar-refractivity contribution in [3.8, 4) is 78.1 Å².